The molecule has 1 N–H and O–H groups in total. The number of hydrogen-bond acceptors (Lipinski definition) is 3. The summed E-state index contributed by atoms with van der Waals surface area (Å²) >= 11 is 0. The molecule has 1 amide bonds. The minimum absolute atomic E-state index is 0.108. The third kappa shape index (κ3) is 2.97. The van der Waals surface area contributed by atoms with Crippen LogP contribution in [0.5, 0.6) is 0 Å². The van der Waals surface area contributed by atoms with Crippen molar-refractivity contribution in [2.24, 2.45) is 0 Å². The van der Waals surface area contributed by atoms with Crippen LogP contribution in [0.25, 0.3) is 0 Å². The fraction of sp³-hybridized carbons (Fsp3) is 0.889. The molecule has 13 heavy (non-hydrogen) atoms. The van der Waals surface area contributed by atoms with Crippen molar-refractivity contribution in [2.45, 2.75) is 13.0 Å². The third-order valence-electron chi connectivity index (χ3n) is 2.59. The second kappa shape index (κ2) is 4.58. The summed E-state index contributed by atoms with van der Waals surface area (Å²) in [6.07, 6.45) is 0. The van der Waals surface area contributed by atoms with Crippen molar-refractivity contribution in [1.82, 2.24) is 15.1 Å². The van der Waals surface area contributed by atoms with E-state index >= 15 is 0 Å². The lowest BCUT2D eigenvalue weighted by atomic mass is 10.2. The maximum atomic E-state index is 11.1. The molecule has 1 rings (SSSR count). The normalized spacial score (nSPS) is 25.9. The van der Waals surface area contributed by atoms with Gasteiger partial charge in [-0.2, -0.15) is 0 Å². The number of nitrogens with one attached hydrogen (secondary N) is 1. The molecule has 0 saturated carbocycles. The molecule has 0 spiro atoms. The summed E-state index contributed by atoms with van der Waals surface area (Å²) < 4.78 is 0. The van der Waals surface area contributed by atoms with E-state index in [9.17, 15) is 4.79 Å². The Hall–Kier alpha value is -0.610. The van der Waals surface area contributed by atoms with E-state index in [1.54, 1.807) is 7.05 Å². The Bertz CT molecular complexity index is 184. The molecule has 0 aromatic rings. The van der Waals surface area contributed by atoms with Crippen molar-refractivity contribution in [3.05, 3.63) is 0 Å². The number of piperazine rings is 1. The van der Waals surface area contributed by atoms with Gasteiger partial charge in [-0.05, 0) is 14.0 Å². The smallest absolute Gasteiger partial charge is 0.233 e. The van der Waals surface area contributed by atoms with Gasteiger partial charge in [-0.3, -0.25) is 9.69 Å². The van der Waals surface area contributed by atoms with Crippen LogP contribution in [0.3, 0.4) is 0 Å². The molecular weight excluding hydrogens is 166 g/mol. The molecule has 0 aliphatic carbocycles. The minimum Gasteiger partial charge on any atom is -0.358 e. The fourth-order valence-electron chi connectivity index (χ4n) is 1.68. The fourth-order valence-corrected chi connectivity index (χ4v) is 1.68. The molecular formula is C9H19N3O. The number of carbonyl (C=O) groups is 1. The van der Waals surface area contributed by atoms with Gasteiger partial charge in [-0.1, -0.05) is 0 Å². The van der Waals surface area contributed by atoms with Gasteiger partial charge in [0.25, 0.3) is 0 Å². The molecule has 0 aromatic heterocycles. The zero-order valence-electron chi connectivity index (χ0n) is 8.71. The average molecular weight is 185 g/mol. The maximum absolute atomic E-state index is 11.1. The van der Waals surface area contributed by atoms with Gasteiger partial charge in [0.05, 0.1) is 6.54 Å². The molecule has 4 nitrogen and oxygen atoms in total. The standard InChI is InChI=1S/C9H19N3O/c1-8-6-11(3)4-5-12(8)7-9(13)10-2/h8H,4-7H2,1-3H3,(H,10,13)/t8-/m1/s1. The van der Waals surface area contributed by atoms with Crippen LogP contribution in [0, 0.1) is 0 Å². The van der Waals surface area contributed by atoms with E-state index in [1.807, 2.05) is 0 Å². The molecule has 1 aliphatic heterocycles. The van der Waals surface area contributed by atoms with Gasteiger partial charge in [-0.15, -0.1) is 0 Å². The first-order chi connectivity index (χ1) is 6.13. The lowest BCUT2D eigenvalue weighted by Gasteiger charge is -2.37. The Morgan fingerprint density at radius 3 is 2.77 bits per heavy atom. The number of amides is 1. The number of likely N-dealkylation sites (N-methyl/N-ethyl adjacent to an activating group) is 2. The highest BCUT2D eigenvalue weighted by molar-refractivity contribution is 5.77. The molecule has 0 aromatic carbocycles. The van der Waals surface area contributed by atoms with Gasteiger partial charge < -0.3 is 10.2 Å². The largest absolute Gasteiger partial charge is 0.358 e. The lowest BCUT2D eigenvalue weighted by Crippen LogP contribution is -2.52. The van der Waals surface area contributed by atoms with Crippen LogP contribution in [0.4, 0.5) is 0 Å². The molecule has 0 bridgehead atoms. The highest BCUT2D eigenvalue weighted by Gasteiger charge is 2.22. The van der Waals surface area contributed by atoms with Crippen molar-refractivity contribution in [3.8, 4) is 0 Å². The Morgan fingerprint density at radius 1 is 1.54 bits per heavy atom. The van der Waals surface area contributed by atoms with Gasteiger partial charge in [0, 0.05) is 32.7 Å². The zero-order chi connectivity index (χ0) is 9.84. The van der Waals surface area contributed by atoms with Crippen LogP contribution >= 0.6 is 0 Å². The average Bonchev–Trinajstić information content (AvgIpc) is 2.09. The molecule has 1 atom stereocenters. The molecule has 1 aliphatic rings. The SMILES string of the molecule is CNC(=O)CN1CCN(C)C[C@H]1C. The van der Waals surface area contributed by atoms with Crippen molar-refractivity contribution in [2.75, 3.05) is 40.3 Å². The van der Waals surface area contributed by atoms with Crippen LogP contribution in [-0.2, 0) is 4.79 Å². The van der Waals surface area contributed by atoms with Crippen molar-refractivity contribution in [1.29, 1.82) is 0 Å². The van der Waals surface area contributed by atoms with E-state index in [0.717, 1.165) is 19.6 Å². The van der Waals surface area contributed by atoms with Gasteiger partial charge >= 0.3 is 0 Å². The van der Waals surface area contributed by atoms with E-state index in [-0.39, 0.29) is 5.91 Å². The molecule has 0 unspecified atom stereocenters. The van der Waals surface area contributed by atoms with Gasteiger partial charge in [0.2, 0.25) is 5.91 Å². The Balaban J connectivity index is 2.38. The minimum atomic E-state index is 0.108. The first kappa shape index (κ1) is 10.5. The highest BCUT2D eigenvalue weighted by Crippen LogP contribution is 2.06. The Labute approximate surface area is 79.9 Å². The lowest BCUT2D eigenvalue weighted by molar-refractivity contribution is -0.122. The van der Waals surface area contributed by atoms with Gasteiger partial charge in [0.1, 0.15) is 0 Å². The summed E-state index contributed by atoms with van der Waals surface area (Å²) in [5, 5.41) is 2.65. The molecule has 1 saturated heterocycles. The van der Waals surface area contributed by atoms with E-state index in [2.05, 4.69) is 29.1 Å². The summed E-state index contributed by atoms with van der Waals surface area (Å²) in [4.78, 5) is 15.7. The van der Waals surface area contributed by atoms with E-state index in [4.69, 9.17) is 0 Å². The monoisotopic (exact) mass is 185 g/mol. The molecule has 1 heterocycles. The quantitative estimate of drug-likeness (QED) is 0.622. The van der Waals surface area contributed by atoms with E-state index in [0.29, 0.717) is 12.6 Å². The third-order valence-corrected chi connectivity index (χ3v) is 2.59. The highest BCUT2D eigenvalue weighted by atomic mass is 16.1. The van der Waals surface area contributed by atoms with Crippen LogP contribution in [-0.4, -0.2) is 62.0 Å². The van der Waals surface area contributed by atoms with E-state index in [1.165, 1.54) is 0 Å². The molecule has 0 radical (unpaired) electrons. The summed E-state index contributed by atoms with van der Waals surface area (Å²) in [6.45, 7) is 5.80. The van der Waals surface area contributed by atoms with Crippen LogP contribution in [0.2, 0.25) is 0 Å². The summed E-state index contributed by atoms with van der Waals surface area (Å²) in [5.74, 6) is 0.108. The zero-order valence-corrected chi connectivity index (χ0v) is 8.71. The molecule has 1 fully saturated rings. The number of carbonyl (C=O) groups excluding carboxylic acids is 1. The molecule has 76 valence electrons. The van der Waals surface area contributed by atoms with E-state index < -0.39 is 0 Å². The summed E-state index contributed by atoms with van der Waals surface area (Å²) in [6, 6.07) is 0.482. The number of rotatable bonds is 2. The number of hydrogen-bond donors (Lipinski definition) is 1. The van der Waals surface area contributed by atoms with Gasteiger partial charge in [0.15, 0.2) is 0 Å². The topological polar surface area (TPSA) is 35.6 Å². The molecule has 4 heteroatoms. The van der Waals surface area contributed by atoms with Crippen LogP contribution in [0.1, 0.15) is 6.92 Å². The Kier molecular flexibility index (Phi) is 3.69. The first-order valence-corrected chi connectivity index (χ1v) is 4.76. The Morgan fingerprint density at radius 2 is 2.23 bits per heavy atom. The predicted molar refractivity (Wildman–Crippen MR) is 52.6 cm³/mol. The van der Waals surface area contributed by atoms with Crippen molar-refractivity contribution in [3.63, 3.8) is 0 Å². The predicted octanol–water partition coefficient (Wildman–Crippen LogP) is -0.632. The second-order valence-electron chi connectivity index (χ2n) is 3.75. The summed E-state index contributed by atoms with van der Waals surface area (Å²) in [5.41, 5.74) is 0. The number of nitrogens with zero attached hydrogens (tertiary/aromatic N) is 2. The first-order valence-electron chi connectivity index (χ1n) is 4.76. The van der Waals surface area contributed by atoms with Crippen LogP contribution in [0.15, 0.2) is 0 Å². The van der Waals surface area contributed by atoms with Crippen molar-refractivity contribution >= 4 is 5.91 Å². The second-order valence-corrected chi connectivity index (χ2v) is 3.75. The maximum Gasteiger partial charge on any atom is 0.233 e. The van der Waals surface area contributed by atoms with Gasteiger partial charge in [-0.25, -0.2) is 0 Å². The van der Waals surface area contributed by atoms with Crippen LogP contribution < -0.4 is 5.32 Å². The van der Waals surface area contributed by atoms with Crippen molar-refractivity contribution < 1.29 is 4.79 Å². The summed E-state index contributed by atoms with van der Waals surface area (Å²) in [7, 11) is 3.80.